The lowest BCUT2D eigenvalue weighted by atomic mass is 10.1. The van der Waals surface area contributed by atoms with Crippen molar-refractivity contribution in [3.63, 3.8) is 0 Å². The number of carbonyl (C=O) groups is 2. The molecule has 0 radical (unpaired) electrons. The van der Waals surface area contributed by atoms with Gasteiger partial charge in [-0.05, 0) is 18.1 Å². The van der Waals surface area contributed by atoms with E-state index in [9.17, 15) is 9.59 Å². The first-order valence-electron chi connectivity index (χ1n) is 6.20. The lowest BCUT2D eigenvalue weighted by Gasteiger charge is -2.18. The van der Waals surface area contributed by atoms with Crippen LogP contribution in [0.3, 0.4) is 0 Å². The van der Waals surface area contributed by atoms with Gasteiger partial charge in [0.2, 0.25) is 5.91 Å². The molecule has 1 amide bonds. The van der Waals surface area contributed by atoms with Crippen LogP contribution < -0.4 is 10.6 Å². The summed E-state index contributed by atoms with van der Waals surface area (Å²) in [5.41, 5.74) is 1.90. The Labute approximate surface area is 111 Å². The number of aliphatic carboxylic acids is 1. The van der Waals surface area contributed by atoms with Gasteiger partial charge in [0, 0.05) is 18.7 Å². The molecule has 100 valence electrons. The Balaban J connectivity index is 0.000000186. The lowest BCUT2D eigenvalue weighted by molar-refractivity contribution is -0.136. The standard InChI is InChI=1S/C10H9NO2.C4H7NO/c12-10(13)9-6-5-7-3-1-2-4-8(7)11-9;6-4-2-1-3-5-4/h1-6,9,11H,(H,12,13);1-3H2,(H,5,6). The fourth-order valence-corrected chi connectivity index (χ4v) is 1.90. The van der Waals surface area contributed by atoms with Gasteiger partial charge in [-0.1, -0.05) is 30.4 Å². The molecule has 2 heterocycles. The van der Waals surface area contributed by atoms with Crippen LogP contribution in [0.25, 0.3) is 6.08 Å². The molecule has 1 aromatic rings. The topological polar surface area (TPSA) is 78.4 Å². The number of carboxylic acids is 1. The van der Waals surface area contributed by atoms with Gasteiger partial charge < -0.3 is 15.7 Å². The zero-order valence-corrected chi connectivity index (χ0v) is 10.4. The van der Waals surface area contributed by atoms with Crippen LogP contribution in [0.15, 0.2) is 30.3 Å². The first-order chi connectivity index (χ1) is 9.16. The predicted molar refractivity (Wildman–Crippen MR) is 72.8 cm³/mol. The van der Waals surface area contributed by atoms with Gasteiger partial charge in [0.15, 0.2) is 0 Å². The monoisotopic (exact) mass is 260 g/mol. The lowest BCUT2D eigenvalue weighted by Crippen LogP contribution is -2.28. The summed E-state index contributed by atoms with van der Waals surface area (Å²) in [6.45, 7) is 0.888. The van der Waals surface area contributed by atoms with Crippen molar-refractivity contribution in [2.45, 2.75) is 18.9 Å². The second kappa shape index (κ2) is 6.04. The molecule has 3 N–H and O–H groups in total. The second-order valence-corrected chi connectivity index (χ2v) is 4.36. The van der Waals surface area contributed by atoms with Crippen molar-refractivity contribution in [2.75, 3.05) is 11.9 Å². The average Bonchev–Trinajstić information content (AvgIpc) is 2.90. The minimum Gasteiger partial charge on any atom is -0.479 e. The molecule has 1 aromatic carbocycles. The fourth-order valence-electron chi connectivity index (χ4n) is 1.90. The molecule has 5 heteroatoms. The van der Waals surface area contributed by atoms with E-state index in [0.29, 0.717) is 0 Å². The first-order valence-corrected chi connectivity index (χ1v) is 6.20. The molecule has 0 spiro atoms. The highest BCUT2D eigenvalue weighted by atomic mass is 16.4. The molecule has 0 saturated carbocycles. The number of hydrogen-bond acceptors (Lipinski definition) is 3. The number of fused-ring (bicyclic) bond motifs is 1. The van der Waals surface area contributed by atoms with Crippen LogP contribution in [0, 0.1) is 0 Å². The SMILES string of the molecule is O=C(O)C1C=Cc2ccccc2N1.O=C1CCCN1. The zero-order chi connectivity index (χ0) is 13.7. The molecule has 0 bridgehead atoms. The van der Waals surface area contributed by atoms with Crippen molar-refractivity contribution >= 4 is 23.6 Å². The molecule has 1 saturated heterocycles. The molecular weight excluding hydrogens is 244 g/mol. The number of para-hydroxylation sites is 1. The summed E-state index contributed by atoms with van der Waals surface area (Å²) >= 11 is 0. The maximum atomic E-state index is 10.7. The van der Waals surface area contributed by atoms with E-state index in [-0.39, 0.29) is 5.91 Å². The van der Waals surface area contributed by atoms with Gasteiger partial charge in [0.05, 0.1) is 0 Å². The number of hydrogen-bond donors (Lipinski definition) is 3. The maximum absolute atomic E-state index is 10.7. The van der Waals surface area contributed by atoms with E-state index in [1.54, 1.807) is 6.08 Å². The third-order valence-electron chi connectivity index (χ3n) is 2.91. The molecule has 2 aliphatic heterocycles. The molecule has 0 aliphatic carbocycles. The van der Waals surface area contributed by atoms with Crippen molar-refractivity contribution in [1.29, 1.82) is 0 Å². The summed E-state index contributed by atoms with van der Waals surface area (Å²) in [5, 5.41) is 14.3. The Bertz CT molecular complexity index is 503. The minimum absolute atomic E-state index is 0.204. The number of carboxylic acid groups (broad SMARTS) is 1. The number of nitrogens with one attached hydrogen (secondary N) is 2. The Kier molecular flexibility index (Phi) is 4.18. The summed E-state index contributed by atoms with van der Waals surface area (Å²) in [6.07, 6.45) is 5.23. The summed E-state index contributed by atoms with van der Waals surface area (Å²) < 4.78 is 0. The molecule has 1 unspecified atom stereocenters. The van der Waals surface area contributed by atoms with Crippen LogP contribution in [0.1, 0.15) is 18.4 Å². The summed E-state index contributed by atoms with van der Waals surface area (Å²) in [7, 11) is 0. The fraction of sp³-hybridized carbons (Fsp3) is 0.286. The molecular formula is C14H16N2O3. The number of amides is 1. The third kappa shape index (κ3) is 3.58. The van der Waals surface area contributed by atoms with Crippen LogP contribution in [0.2, 0.25) is 0 Å². The Morgan fingerprint density at radius 1 is 1.32 bits per heavy atom. The van der Waals surface area contributed by atoms with Crippen molar-refractivity contribution in [1.82, 2.24) is 5.32 Å². The number of anilines is 1. The maximum Gasteiger partial charge on any atom is 0.330 e. The van der Waals surface area contributed by atoms with Crippen molar-refractivity contribution in [3.05, 3.63) is 35.9 Å². The third-order valence-corrected chi connectivity index (χ3v) is 2.91. The number of benzene rings is 1. The van der Waals surface area contributed by atoms with Crippen LogP contribution in [-0.2, 0) is 9.59 Å². The van der Waals surface area contributed by atoms with Crippen molar-refractivity contribution in [2.24, 2.45) is 0 Å². The van der Waals surface area contributed by atoms with Crippen LogP contribution in [-0.4, -0.2) is 29.6 Å². The van der Waals surface area contributed by atoms with E-state index in [2.05, 4.69) is 10.6 Å². The summed E-state index contributed by atoms with van der Waals surface area (Å²) in [5.74, 6) is -0.652. The summed E-state index contributed by atoms with van der Waals surface area (Å²) in [4.78, 5) is 20.8. The van der Waals surface area contributed by atoms with E-state index in [1.807, 2.05) is 30.3 Å². The highest BCUT2D eigenvalue weighted by molar-refractivity contribution is 5.85. The van der Waals surface area contributed by atoms with Gasteiger partial charge >= 0.3 is 5.97 Å². The van der Waals surface area contributed by atoms with Crippen LogP contribution in [0.4, 0.5) is 5.69 Å². The van der Waals surface area contributed by atoms with Crippen LogP contribution >= 0.6 is 0 Å². The minimum atomic E-state index is -0.856. The van der Waals surface area contributed by atoms with Gasteiger partial charge in [-0.3, -0.25) is 4.79 Å². The van der Waals surface area contributed by atoms with Gasteiger partial charge in [-0.25, -0.2) is 4.79 Å². The van der Waals surface area contributed by atoms with E-state index >= 15 is 0 Å². The largest absolute Gasteiger partial charge is 0.479 e. The molecule has 5 nitrogen and oxygen atoms in total. The quantitative estimate of drug-likeness (QED) is 0.714. The van der Waals surface area contributed by atoms with E-state index in [4.69, 9.17) is 5.11 Å². The Morgan fingerprint density at radius 2 is 2.11 bits per heavy atom. The molecule has 1 fully saturated rings. The van der Waals surface area contributed by atoms with Gasteiger partial charge in [-0.15, -0.1) is 0 Å². The van der Waals surface area contributed by atoms with E-state index < -0.39 is 12.0 Å². The molecule has 0 aromatic heterocycles. The molecule has 19 heavy (non-hydrogen) atoms. The summed E-state index contributed by atoms with van der Waals surface area (Å²) in [6, 6.07) is 7.01. The average molecular weight is 260 g/mol. The van der Waals surface area contributed by atoms with Crippen LogP contribution in [0.5, 0.6) is 0 Å². The van der Waals surface area contributed by atoms with Gasteiger partial charge in [0.1, 0.15) is 6.04 Å². The second-order valence-electron chi connectivity index (χ2n) is 4.36. The Morgan fingerprint density at radius 3 is 2.68 bits per heavy atom. The number of rotatable bonds is 1. The van der Waals surface area contributed by atoms with Crippen molar-refractivity contribution < 1.29 is 14.7 Å². The predicted octanol–water partition coefficient (Wildman–Crippen LogP) is 1.47. The van der Waals surface area contributed by atoms with Gasteiger partial charge in [0.25, 0.3) is 0 Å². The molecule has 3 rings (SSSR count). The van der Waals surface area contributed by atoms with Crippen molar-refractivity contribution in [3.8, 4) is 0 Å². The van der Waals surface area contributed by atoms with Gasteiger partial charge in [-0.2, -0.15) is 0 Å². The first kappa shape index (κ1) is 13.1. The molecule has 2 aliphatic rings. The highest BCUT2D eigenvalue weighted by Crippen LogP contribution is 2.22. The normalized spacial score (nSPS) is 19.6. The number of carbonyl (C=O) groups excluding carboxylic acids is 1. The van der Waals surface area contributed by atoms with E-state index in [0.717, 1.165) is 30.6 Å². The Hall–Kier alpha value is -2.30. The molecule has 1 atom stereocenters. The highest BCUT2D eigenvalue weighted by Gasteiger charge is 2.17. The zero-order valence-electron chi connectivity index (χ0n) is 10.4. The smallest absolute Gasteiger partial charge is 0.330 e. The van der Waals surface area contributed by atoms with E-state index in [1.165, 1.54) is 0 Å².